The minimum atomic E-state index is 0.0273. The lowest BCUT2D eigenvalue weighted by molar-refractivity contribution is 0.101. The molecule has 2 rings (SSSR count). The standard InChI is InChI=1S/C12H13N3OS/c1-8-7-11(15(3)14-8)17-12-10(9(2)16)5-4-6-13-12/h4-7H,1-3H3. The Morgan fingerprint density at radius 3 is 2.82 bits per heavy atom. The summed E-state index contributed by atoms with van der Waals surface area (Å²) in [5.41, 5.74) is 1.60. The first-order valence-corrected chi connectivity index (χ1v) is 6.04. The van der Waals surface area contributed by atoms with Crippen LogP contribution in [0.25, 0.3) is 0 Å². The Morgan fingerprint density at radius 2 is 2.24 bits per heavy atom. The largest absolute Gasteiger partial charge is 0.294 e. The van der Waals surface area contributed by atoms with Gasteiger partial charge in [0.05, 0.1) is 5.69 Å². The van der Waals surface area contributed by atoms with E-state index in [-0.39, 0.29) is 5.78 Å². The van der Waals surface area contributed by atoms with Crippen molar-refractivity contribution < 1.29 is 4.79 Å². The van der Waals surface area contributed by atoms with Gasteiger partial charge in [0.15, 0.2) is 5.78 Å². The van der Waals surface area contributed by atoms with Gasteiger partial charge in [0.1, 0.15) is 10.1 Å². The first-order valence-electron chi connectivity index (χ1n) is 5.22. The van der Waals surface area contributed by atoms with E-state index >= 15 is 0 Å². The van der Waals surface area contributed by atoms with E-state index in [2.05, 4.69) is 10.1 Å². The summed E-state index contributed by atoms with van der Waals surface area (Å²) in [5, 5.41) is 5.97. The molecule has 0 saturated carbocycles. The van der Waals surface area contributed by atoms with E-state index in [9.17, 15) is 4.79 Å². The van der Waals surface area contributed by atoms with Gasteiger partial charge in [0.25, 0.3) is 0 Å². The summed E-state index contributed by atoms with van der Waals surface area (Å²) in [6, 6.07) is 5.54. The average molecular weight is 247 g/mol. The van der Waals surface area contributed by atoms with Crippen molar-refractivity contribution in [3.8, 4) is 0 Å². The van der Waals surface area contributed by atoms with E-state index in [1.54, 1.807) is 29.9 Å². The second-order valence-corrected chi connectivity index (χ2v) is 4.77. The van der Waals surface area contributed by atoms with E-state index < -0.39 is 0 Å². The zero-order chi connectivity index (χ0) is 12.4. The summed E-state index contributed by atoms with van der Waals surface area (Å²) >= 11 is 1.46. The van der Waals surface area contributed by atoms with Crippen LogP contribution in [0.3, 0.4) is 0 Å². The Bertz CT molecular complexity index is 563. The molecule has 0 aromatic carbocycles. The Kier molecular flexibility index (Phi) is 3.28. The number of rotatable bonds is 3. The van der Waals surface area contributed by atoms with E-state index in [0.29, 0.717) is 5.56 Å². The van der Waals surface area contributed by atoms with Gasteiger partial charge in [-0.05, 0) is 43.8 Å². The summed E-state index contributed by atoms with van der Waals surface area (Å²) in [4.78, 5) is 15.7. The Hall–Kier alpha value is -1.62. The molecule has 0 aliphatic rings. The first kappa shape index (κ1) is 11.9. The number of aromatic nitrogens is 3. The predicted octanol–water partition coefficient (Wildman–Crippen LogP) is 2.48. The van der Waals surface area contributed by atoms with Gasteiger partial charge in [-0.15, -0.1) is 0 Å². The van der Waals surface area contributed by atoms with Gasteiger partial charge >= 0.3 is 0 Å². The van der Waals surface area contributed by atoms with Crippen molar-refractivity contribution in [1.29, 1.82) is 0 Å². The molecule has 0 saturated heterocycles. The van der Waals surface area contributed by atoms with Crippen molar-refractivity contribution in [3.05, 3.63) is 35.7 Å². The summed E-state index contributed by atoms with van der Waals surface area (Å²) < 4.78 is 1.79. The van der Waals surface area contributed by atoms with Crippen LogP contribution in [0.1, 0.15) is 23.0 Å². The van der Waals surface area contributed by atoms with Crippen LogP contribution in [0, 0.1) is 6.92 Å². The number of hydrogen-bond acceptors (Lipinski definition) is 4. The summed E-state index contributed by atoms with van der Waals surface area (Å²) in [7, 11) is 1.88. The van der Waals surface area contributed by atoms with Gasteiger partial charge in [0.2, 0.25) is 0 Å². The SMILES string of the molecule is CC(=O)c1cccnc1Sc1cc(C)nn1C. The van der Waals surface area contributed by atoms with Crippen molar-refractivity contribution in [3.63, 3.8) is 0 Å². The molecule has 2 aromatic heterocycles. The molecule has 4 nitrogen and oxygen atoms in total. The molecule has 0 radical (unpaired) electrons. The quantitative estimate of drug-likeness (QED) is 0.782. The number of aryl methyl sites for hydroxylation is 2. The number of carbonyl (C=O) groups is 1. The highest BCUT2D eigenvalue weighted by atomic mass is 32.2. The summed E-state index contributed by atoms with van der Waals surface area (Å²) in [6.45, 7) is 3.49. The Balaban J connectivity index is 2.36. The van der Waals surface area contributed by atoms with Gasteiger partial charge in [-0.1, -0.05) is 0 Å². The molecule has 0 N–H and O–H groups in total. The zero-order valence-corrected chi connectivity index (χ0v) is 10.8. The lowest BCUT2D eigenvalue weighted by atomic mass is 10.2. The minimum absolute atomic E-state index is 0.0273. The molecule has 0 spiro atoms. The molecule has 0 amide bonds. The van der Waals surface area contributed by atoms with E-state index in [1.165, 1.54) is 11.8 Å². The monoisotopic (exact) mass is 247 g/mol. The molecule has 0 aliphatic heterocycles. The molecule has 2 aromatic rings. The van der Waals surface area contributed by atoms with Crippen LogP contribution < -0.4 is 0 Å². The second-order valence-electron chi connectivity index (χ2n) is 3.76. The molecule has 0 bridgehead atoms. The number of hydrogen-bond donors (Lipinski definition) is 0. The molecule has 0 fully saturated rings. The van der Waals surface area contributed by atoms with Crippen LogP contribution in [-0.2, 0) is 7.05 Å². The topological polar surface area (TPSA) is 47.8 Å². The minimum Gasteiger partial charge on any atom is -0.294 e. The number of ketones is 1. The molecule has 0 unspecified atom stereocenters. The zero-order valence-electron chi connectivity index (χ0n) is 9.97. The number of nitrogens with zero attached hydrogens (tertiary/aromatic N) is 3. The highest BCUT2D eigenvalue weighted by molar-refractivity contribution is 7.99. The van der Waals surface area contributed by atoms with Crippen LogP contribution >= 0.6 is 11.8 Å². The van der Waals surface area contributed by atoms with Gasteiger partial charge in [-0.2, -0.15) is 5.10 Å². The van der Waals surface area contributed by atoms with Crippen molar-refractivity contribution in [2.24, 2.45) is 7.05 Å². The van der Waals surface area contributed by atoms with Crippen LogP contribution in [0.15, 0.2) is 34.4 Å². The number of pyridine rings is 1. The van der Waals surface area contributed by atoms with Gasteiger partial charge in [-0.3, -0.25) is 9.48 Å². The van der Waals surface area contributed by atoms with Gasteiger partial charge in [0, 0.05) is 18.8 Å². The fraction of sp³-hybridized carbons (Fsp3) is 0.250. The van der Waals surface area contributed by atoms with Crippen LogP contribution in [0.2, 0.25) is 0 Å². The molecule has 88 valence electrons. The van der Waals surface area contributed by atoms with Crippen LogP contribution in [-0.4, -0.2) is 20.5 Å². The van der Waals surface area contributed by atoms with E-state index in [1.807, 2.05) is 20.0 Å². The molecule has 2 heterocycles. The van der Waals surface area contributed by atoms with Crippen molar-refractivity contribution >= 4 is 17.5 Å². The van der Waals surface area contributed by atoms with E-state index in [4.69, 9.17) is 0 Å². The number of carbonyl (C=O) groups excluding carboxylic acids is 1. The van der Waals surface area contributed by atoms with Crippen molar-refractivity contribution in [2.75, 3.05) is 0 Å². The number of Topliss-reactive ketones (excluding diaryl/α,β-unsaturated/α-hetero) is 1. The molecular formula is C12H13N3OS. The summed E-state index contributed by atoms with van der Waals surface area (Å²) in [5.74, 6) is 0.0273. The third-order valence-corrected chi connectivity index (χ3v) is 3.42. The normalized spacial score (nSPS) is 10.5. The third kappa shape index (κ3) is 2.55. The summed E-state index contributed by atoms with van der Waals surface area (Å²) in [6.07, 6.45) is 1.69. The molecular weight excluding hydrogens is 234 g/mol. The fourth-order valence-electron chi connectivity index (χ4n) is 1.52. The maximum absolute atomic E-state index is 11.5. The highest BCUT2D eigenvalue weighted by Crippen LogP contribution is 2.28. The first-order chi connectivity index (χ1) is 8.08. The Morgan fingerprint density at radius 1 is 1.47 bits per heavy atom. The molecule has 0 aliphatic carbocycles. The fourth-order valence-corrected chi connectivity index (χ4v) is 2.56. The average Bonchev–Trinajstić information content (AvgIpc) is 2.58. The third-order valence-electron chi connectivity index (χ3n) is 2.31. The highest BCUT2D eigenvalue weighted by Gasteiger charge is 2.11. The molecule has 5 heteroatoms. The molecule has 17 heavy (non-hydrogen) atoms. The predicted molar refractivity (Wildman–Crippen MR) is 66.3 cm³/mol. The maximum Gasteiger partial charge on any atom is 0.162 e. The van der Waals surface area contributed by atoms with Gasteiger partial charge < -0.3 is 0 Å². The lowest BCUT2D eigenvalue weighted by Crippen LogP contribution is -1.98. The van der Waals surface area contributed by atoms with E-state index in [0.717, 1.165) is 15.7 Å². The Labute approximate surface area is 104 Å². The van der Waals surface area contributed by atoms with Crippen LogP contribution in [0.4, 0.5) is 0 Å². The van der Waals surface area contributed by atoms with Gasteiger partial charge in [-0.25, -0.2) is 4.98 Å². The van der Waals surface area contributed by atoms with Crippen molar-refractivity contribution in [1.82, 2.24) is 14.8 Å². The smallest absolute Gasteiger partial charge is 0.162 e. The lowest BCUT2D eigenvalue weighted by Gasteiger charge is -2.04. The molecule has 0 atom stereocenters. The maximum atomic E-state index is 11.5. The van der Waals surface area contributed by atoms with Crippen LogP contribution in [0.5, 0.6) is 0 Å². The van der Waals surface area contributed by atoms with Crippen molar-refractivity contribution in [2.45, 2.75) is 23.9 Å². The second kappa shape index (κ2) is 4.71.